The van der Waals surface area contributed by atoms with Crippen LogP contribution in [0, 0.1) is 29.3 Å². The zero-order valence-corrected chi connectivity index (χ0v) is 15.9. The van der Waals surface area contributed by atoms with Gasteiger partial charge in [-0.3, -0.25) is 0 Å². The van der Waals surface area contributed by atoms with E-state index in [0.717, 1.165) is 12.3 Å². The molecule has 2 fully saturated rings. The third-order valence-electron chi connectivity index (χ3n) is 6.39. The van der Waals surface area contributed by atoms with E-state index in [1.807, 2.05) is 0 Å². The number of halogens is 3. The molecule has 146 valence electrons. The minimum atomic E-state index is -1.06. The summed E-state index contributed by atoms with van der Waals surface area (Å²) in [6, 6.07) is 4.93. The Morgan fingerprint density at radius 2 is 1.59 bits per heavy atom. The van der Waals surface area contributed by atoms with Crippen LogP contribution in [-0.4, -0.2) is 6.61 Å². The summed E-state index contributed by atoms with van der Waals surface area (Å²) in [5.41, 5.74) is 0.683. The number of hydrogen-bond donors (Lipinski definition) is 0. The average Bonchev–Trinajstić information content (AvgIpc) is 3.50. The van der Waals surface area contributed by atoms with E-state index in [1.54, 1.807) is 18.2 Å². The van der Waals surface area contributed by atoms with E-state index in [1.165, 1.54) is 38.5 Å². The molecule has 4 heteroatoms. The van der Waals surface area contributed by atoms with Gasteiger partial charge in [0.15, 0.2) is 11.6 Å². The van der Waals surface area contributed by atoms with Crippen LogP contribution in [0.5, 0.6) is 0 Å². The van der Waals surface area contributed by atoms with Gasteiger partial charge in [-0.15, -0.1) is 0 Å². The topological polar surface area (TPSA) is 12.5 Å². The quantitative estimate of drug-likeness (QED) is 0.501. The predicted octanol–water partition coefficient (Wildman–Crippen LogP) is 6.87. The Morgan fingerprint density at radius 1 is 0.926 bits per heavy atom. The van der Waals surface area contributed by atoms with Crippen LogP contribution in [-0.2, 0) is 11.2 Å². The number of benzene rings is 2. The van der Waals surface area contributed by atoms with Gasteiger partial charge >= 0.3 is 0 Å². The van der Waals surface area contributed by atoms with E-state index >= 15 is 0 Å². The van der Waals surface area contributed by atoms with Crippen molar-refractivity contribution in [1.82, 2.24) is 0 Å². The van der Waals surface area contributed by atoms with E-state index in [2.05, 4.69) is 6.92 Å². The van der Waals surface area contributed by atoms with Crippen molar-refractivity contribution in [3.05, 3.63) is 46.8 Å². The van der Waals surface area contributed by atoms with Crippen molar-refractivity contribution in [2.45, 2.75) is 64.4 Å². The molecule has 4 rings (SSSR count). The maximum Gasteiger partial charge on any atom is 0.169 e. The molecule has 2 aromatic rings. The molecular formula is C23H27F3O. The van der Waals surface area contributed by atoms with Gasteiger partial charge in [0, 0.05) is 5.56 Å². The van der Waals surface area contributed by atoms with Gasteiger partial charge < -0.3 is 4.74 Å². The van der Waals surface area contributed by atoms with Crippen LogP contribution in [0.2, 0.25) is 0 Å². The molecule has 2 aliphatic rings. The number of aryl methyl sites for hydroxylation is 1. The van der Waals surface area contributed by atoms with Crippen molar-refractivity contribution in [2.24, 2.45) is 11.8 Å². The minimum Gasteiger partial charge on any atom is -0.368 e. The van der Waals surface area contributed by atoms with E-state index in [0.29, 0.717) is 35.5 Å². The Balaban J connectivity index is 1.49. The lowest BCUT2D eigenvalue weighted by Gasteiger charge is -2.28. The monoisotopic (exact) mass is 376 g/mol. The highest BCUT2D eigenvalue weighted by atomic mass is 19.2. The molecule has 1 saturated carbocycles. The first-order valence-electron chi connectivity index (χ1n) is 10.3. The van der Waals surface area contributed by atoms with Gasteiger partial charge in [-0.25, -0.2) is 13.2 Å². The van der Waals surface area contributed by atoms with Crippen molar-refractivity contribution in [3.8, 4) is 0 Å². The van der Waals surface area contributed by atoms with Crippen molar-refractivity contribution < 1.29 is 17.9 Å². The zero-order valence-electron chi connectivity index (χ0n) is 15.9. The maximum absolute atomic E-state index is 14.6. The first-order chi connectivity index (χ1) is 13.1. The Bertz CT molecular complexity index is 820. The summed E-state index contributed by atoms with van der Waals surface area (Å²) in [4.78, 5) is 0. The van der Waals surface area contributed by atoms with Gasteiger partial charge in [0.1, 0.15) is 11.9 Å². The molecule has 1 saturated heterocycles. The summed E-state index contributed by atoms with van der Waals surface area (Å²) >= 11 is 0. The van der Waals surface area contributed by atoms with Gasteiger partial charge in [0.25, 0.3) is 0 Å². The Kier molecular flexibility index (Phi) is 5.45. The van der Waals surface area contributed by atoms with Crippen molar-refractivity contribution >= 4 is 10.8 Å². The van der Waals surface area contributed by atoms with Gasteiger partial charge in [0.2, 0.25) is 0 Å². The Hall–Kier alpha value is -1.55. The van der Waals surface area contributed by atoms with Crippen molar-refractivity contribution in [2.75, 3.05) is 6.61 Å². The smallest absolute Gasteiger partial charge is 0.169 e. The summed E-state index contributed by atoms with van der Waals surface area (Å²) in [5.74, 6) is -1.22. The molecule has 1 nitrogen and oxygen atoms in total. The third-order valence-corrected chi connectivity index (χ3v) is 6.39. The SMILES string of the molecule is CCCC1CCC(CCc2cc3ccc(C4CO4)c(F)c3c(F)c2F)CC1. The molecule has 0 aromatic heterocycles. The summed E-state index contributed by atoms with van der Waals surface area (Å²) < 4.78 is 48.9. The molecule has 1 heterocycles. The number of ether oxygens (including phenoxy) is 1. The van der Waals surface area contributed by atoms with E-state index < -0.39 is 17.5 Å². The Labute approximate surface area is 158 Å². The fourth-order valence-corrected chi connectivity index (χ4v) is 4.69. The lowest BCUT2D eigenvalue weighted by Crippen LogP contribution is -2.15. The van der Waals surface area contributed by atoms with E-state index in [-0.39, 0.29) is 11.5 Å². The number of fused-ring (bicyclic) bond motifs is 1. The molecule has 0 radical (unpaired) electrons. The number of epoxide rings is 1. The summed E-state index contributed by atoms with van der Waals surface area (Å²) in [5, 5.41) is 0.182. The highest BCUT2D eigenvalue weighted by Gasteiger charge is 2.30. The van der Waals surface area contributed by atoms with Gasteiger partial charge in [0.05, 0.1) is 12.0 Å². The van der Waals surface area contributed by atoms with Gasteiger partial charge in [-0.2, -0.15) is 0 Å². The molecule has 0 bridgehead atoms. The molecular weight excluding hydrogens is 349 g/mol. The first kappa shape index (κ1) is 18.8. The fraction of sp³-hybridized carbons (Fsp3) is 0.565. The third kappa shape index (κ3) is 3.87. The van der Waals surface area contributed by atoms with Crippen LogP contribution >= 0.6 is 0 Å². The average molecular weight is 376 g/mol. The first-order valence-corrected chi connectivity index (χ1v) is 10.3. The highest BCUT2D eigenvalue weighted by Crippen LogP contribution is 2.38. The van der Waals surface area contributed by atoms with Crippen LogP contribution in [0.1, 0.15) is 69.1 Å². The van der Waals surface area contributed by atoms with Crippen LogP contribution in [0.3, 0.4) is 0 Å². The van der Waals surface area contributed by atoms with Crippen LogP contribution < -0.4 is 0 Å². The number of hydrogen-bond acceptors (Lipinski definition) is 1. The summed E-state index contributed by atoms with van der Waals surface area (Å²) in [6.45, 7) is 2.66. The molecule has 1 aliphatic carbocycles. The standard InChI is InChI=1S/C23H27F3O/c1-2-3-14-4-6-15(7-5-14)8-9-17-12-16-10-11-18(19-13-27-19)22(25)20(16)23(26)21(17)24/h10-12,14-15,19H,2-9,13H2,1H3. The fourth-order valence-electron chi connectivity index (χ4n) is 4.69. The molecule has 0 N–H and O–H groups in total. The second-order valence-corrected chi connectivity index (χ2v) is 8.27. The molecule has 1 aliphatic heterocycles. The number of rotatable bonds is 6. The zero-order chi connectivity index (χ0) is 19.0. The normalized spacial score (nSPS) is 25.1. The Morgan fingerprint density at radius 3 is 2.22 bits per heavy atom. The molecule has 2 aromatic carbocycles. The highest BCUT2D eigenvalue weighted by molar-refractivity contribution is 5.85. The lowest BCUT2D eigenvalue weighted by molar-refractivity contribution is 0.251. The predicted molar refractivity (Wildman–Crippen MR) is 101 cm³/mol. The molecule has 27 heavy (non-hydrogen) atoms. The van der Waals surface area contributed by atoms with E-state index in [9.17, 15) is 13.2 Å². The molecule has 0 amide bonds. The van der Waals surface area contributed by atoms with Crippen LogP contribution in [0.25, 0.3) is 10.8 Å². The molecule has 0 spiro atoms. The second kappa shape index (κ2) is 7.83. The van der Waals surface area contributed by atoms with Gasteiger partial charge in [-0.05, 0) is 41.7 Å². The minimum absolute atomic E-state index is 0.246. The van der Waals surface area contributed by atoms with Crippen LogP contribution in [0.15, 0.2) is 18.2 Å². The largest absolute Gasteiger partial charge is 0.368 e. The van der Waals surface area contributed by atoms with Crippen molar-refractivity contribution in [1.29, 1.82) is 0 Å². The second-order valence-electron chi connectivity index (χ2n) is 8.27. The maximum atomic E-state index is 14.6. The molecule has 1 unspecified atom stereocenters. The van der Waals surface area contributed by atoms with Gasteiger partial charge in [-0.1, -0.05) is 57.6 Å². The van der Waals surface area contributed by atoms with Crippen LogP contribution in [0.4, 0.5) is 13.2 Å². The molecule has 1 atom stereocenters. The van der Waals surface area contributed by atoms with E-state index in [4.69, 9.17) is 4.74 Å². The lowest BCUT2D eigenvalue weighted by atomic mass is 9.78. The summed E-state index contributed by atoms with van der Waals surface area (Å²) in [7, 11) is 0. The van der Waals surface area contributed by atoms with Crippen molar-refractivity contribution in [3.63, 3.8) is 0 Å². The summed E-state index contributed by atoms with van der Waals surface area (Å²) in [6.07, 6.45) is 8.48.